The van der Waals surface area contributed by atoms with E-state index in [9.17, 15) is 0 Å². The number of rotatable bonds is 5. The molecule has 0 N–H and O–H groups in total. The van der Waals surface area contributed by atoms with Gasteiger partial charge in [0.25, 0.3) is 0 Å². The van der Waals surface area contributed by atoms with Crippen LogP contribution in [0.25, 0.3) is 117 Å². The molecular weight excluding hydrogens is 759 g/mol. The summed E-state index contributed by atoms with van der Waals surface area (Å²) in [6.45, 7) is 0. The number of benzene rings is 9. The summed E-state index contributed by atoms with van der Waals surface area (Å²) in [5, 5.41) is 9.22. The largest absolute Gasteiger partial charge is 0.456 e. The Balaban J connectivity index is 0.943. The zero-order valence-electron chi connectivity index (χ0n) is 33.4. The summed E-state index contributed by atoms with van der Waals surface area (Å²) in [7, 11) is 0. The minimum absolute atomic E-state index is 0.000462. The molecule has 0 spiro atoms. The van der Waals surface area contributed by atoms with Gasteiger partial charge in [-0.15, -0.1) is 0 Å². The Kier molecular flexibility index (Phi) is 7.66. The second kappa shape index (κ2) is 13.7. The van der Waals surface area contributed by atoms with Crippen molar-refractivity contribution in [1.82, 2.24) is 15.0 Å². The molecule has 0 radical (unpaired) electrons. The SMILES string of the molecule is C1=CC(c2nc(-c3ccc(-c4ccc(-c5cc6ccccc6c6ccccc56)c5oc6ccccc6c45)cc3)nc(-c3ccc4c(c3)oc3ccccc34)n2)Cc2ccccc21. The summed E-state index contributed by atoms with van der Waals surface area (Å²) in [4.78, 5) is 15.5. The third kappa shape index (κ3) is 5.52. The van der Waals surface area contributed by atoms with Gasteiger partial charge >= 0.3 is 0 Å². The van der Waals surface area contributed by atoms with Crippen molar-refractivity contribution in [3.63, 3.8) is 0 Å². The molecule has 5 nitrogen and oxygen atoms in total. The van der Waals surface area contributed by atoms with Crippen LogP contribution in [0.15, 0.2) is 197 Å². The fourth-order valence-corrected chi connectivity index (χ4v) is 9.62. The van der Waals surface area contributed by atoms with Crippen LogP contribution in [0.1, 0.15) is 22.9 Å². The van der Waals surface area contributed by atoms with E-state index in [4.69, 9.17) is 23.8 Å². The Hall–Kier alpha value is -8.15. The highest BCUT2D eigenvalue weighted by atomic mass is 16.3. The molecule has 0 fully saturated rings. The van der Waals surface area contributed by atoms with Crippen LogP contribution >= 0.6 is 0 Å². The molecule has 0 aliphatic heterocycles. The normalized spacial score (nSPS) is 13.8. The van der Waals surface area contributed by atoms with Crippen LogP contribution in [0, 0.1) is 0 Å². The van der Waals surface area contributed by atoms with Gasteiger partial charge in [-0.1, -0.05) is 158 Å². The summed E-state index contributed by atoms with van der Waals surface area (Å²) in [6.07, 6.45) is 5.23. The number of nitrogens with zero attached hydrogens (tertiary/aromatic N) is 3. The second-order valence-corrected chi connectivity index (χ2v) is 16.2. The molecule has 1 atom stereocenters. The maximum atomic E-state index is 6.81. The first-order valence-corrected chi connectivity index (χ1v) is 21.1. The van der Waals surface area contributed by atoms with E-state index in [1.165, 1.54) is 32.7 Å². The molecular formula is C57H35N3O2. The molecule has 13 rings (SSSR count). The van der Waals surface area contributed by atoms with Crippen LogP contribution in [-0.4, -0.2) is 15.0 Å². The van der Waals surface area contributed by atoms with Crippen LogP contribution < -0.4 is 0 Å². The van der Waals surface area contributed by atoms with E-state index in [0.29, 0.717) is 11.6 Å². The lowest BCUT2D eigenvalue weighted by atomic mass is 9.89. The third-order valence-corrected chi connectivity index (χ3v) is 12.7. The van der Waals surface area contributed by atoms with Gasteiger partial charge in [-0.05, 0) is 92.2 Å². The van der Waals surface area contributed by atoms with E-state index in [0.717, 1.165) is 89.5 Å². The van der Waals surface area contributed by atoms with E-state index in [-0.39, 0.29) is 5.92 Å². The minimum Gasteiger partial charge on any atom is -0.456 e. The molecule has 0 bridgehead atoms. The maximum absolute atomic E-state index is 6.81. The molecule has 3 heterocycles. The van der Waals surface area contributed by atoms with E-state index >= 15 is 0 Å². The summed E-state index contributed by atoms with van der Waals surface area (Å²) in [5.74, 6) is 1.99. The van der Waals surface area contributed by atoms with Gasteiger partial charge in [0.05, 0.1) is 0 Å². The molecule has 0 saturated heterocycles. The van der Waals surface area contributed by atoms with Crippen LogP contribution in [0.2, 0.25) is 0 Å². The number of para-hydroxylation sites is 2. The number of fused-ring (bicyclic) bond motifs is 10. The molecule has 1 aliphatic carbocycles. The lowest BCUT2D eigenvalue weighted by Crippen LogP contribution is -2.12. The van der Waals surface area contributed by atoms with Crippen LogP contribution in [0.4, 0.5) is 0 Å². The molecule has 12 aromatic rings. The second-order valence-electron chi connectivity index (χ2n) is 16.2. The van der Waals surface area contributed by atoms with Gasteiger partial charge < -0.3 is 8.83 Å². The van der Waals surface area contributed by atoms with Gasteiger partial charge in [-0.25, -0.2) is 15.0 Å². The first-order valence-electron chi connectivity index (χ1n) is 21.1. The van der Waals surface area contributed by atoms with E-state index in [1.807, 2.05) is 24.3 Å². The number of hydrogen-bond donors (Lipinski definition) is 0. The van der Waals surface area contributed by atoms with Crippen molar-refractivity contribution >= 4 is 71.5 Å². The molecule has 290 valence electrons. The van der Waals surface area contributed by atoms with E-state index in [2.05, 4.69) is 170 Å². The van der Waals surface area contributed by atoms with Crippen molar-refractivity contribution in [2.24, 2.45) is 0 Å². The van der Waals surface area contributed by atoms with Gasteiger partial charge in [0.1, 0.15) is 28.2 Å². The highest BCUT2D eigenvalue weighted by Gasteiger charge is 2.23. The molecule has 3 aromatic heterocycles. The van der Waals surface area contributed by atoms with Crippen molar-refractivity contribution in [1.29, 1.82) is 0 Å². The van der Waals surface area contributed by atoms with E-state index < -0.39 is 0 Å². The van der Waals surface area contributed by atoms with Crippen LogP contribution in [-0.2, 0) is 6.42 Å². The monoisotopic (exact) mass is 793 g/mol. The summed E-state index contributed by atoms with van der Waals surface area (Å²) in [5.41, 5.74) is 12.1. The van der Waals surface area contributed by atoms with Crippen molar-refractivity contribution in [2.75, 3.05) is 0 Å². The maximum Gasteiger partial charge on any atom is 0.163 e. The summed E-state index contributed by atoms with van der Waals surface area (Å²) < 4.78 is 13.1. The number of allylic oxidation sites excluding steroid dienone is 1. The first kappa shape index (κ1) is 34.7. The van der Waals surface area contributed by atoms with Gasteiger partial charge in [-0.3, -0.25) is 0 Å². The smallest absolute Gasteiger partial charge is 0.163 e. The molecule has 1 aliphatic rings. The standard InChI is InChI=1S/C57H35N3O2/c1-2-12-37-31-39(26-21-34(37)11-1)56-58-55(59-57(60-56)40-27-28-46-45-17-7-9-19-50(45)61-52(46)33-40)36-24-22-35(23-25-36)42-29-30-47(54-53(42)48-18-8-10-20-51(48)62-54)49-32-38-13-3-4-14-41(38)43-15-5-6-16-44(43)49/h1-30,32-33,39H,31H2. The lowest BCUT2D eigenvalue weighted by molar-refractivity contribution is 0.669. The number of aromatic nitrogens is 3. The fourth-order valence-electron chi connectivity index (χ4n) is 9.62. The highest BCUT2D eigenvalue weighted by molar-refractivity contribution is 6.20. The van der Waals surface area contributed by atoms with Gasteiger partial charge in [0.2, 0.25) is 0 Å². The zero-order valence-corrected chi connectivity index (χ0v) is 33.4. The number of furan rings is 2. The highest BCUT2D eigenvalue weighted by Crippen LogP contribution is 2.45. The Morgan fingerprint density at radius 1 is 0.419 bits per heavy atom. The average molecular weight is 794 g/mol. The lowest BCUT2D eigenvalue weighted by Gasteiger charge is -2.19. The fraction of sp³-hybridized carbons (Fsp3) is 0.0351. The third-order valence-electron chi connectivity index (χ3n) is 12.7. The predicted molar refractivity (Wildman–Crippen MR) is 253 cm³/mol. The van der Waals surface area contributed by atoms with E-state index in [1.54, 1.807) is 0 Å². The quantitative estimate of drug-likeness (QED) is 0.162. The molecule has 1 unspecified atom stereocenters. The predicted octanol–water partition coefficient (Wildman–Crippen LogP) is 15.0. The van der Waals surface area contributed by atoms with Gasteiger partial charge in [0.15, 0.2) is 11.6 Å². The Bertz CT molecular complexity index is 3800. The van der Waals surface area contributed by atoms with Crippen molar-refractivity contribution in [2.45, 2.75) is 12.3 Å². The summed E-state index contributed by atoms with van der Waals surface area (Å²) in [6, 6.07) is 64.0. The van der Waals surface area contributed by atoms with Crippen molar-refractivity contribution in [3.8, 4) is 45.0 Å². The van der Waals surface area contributed by atoms with Gasteiger partial charge in [-0.2, -0.15) is 0 Å². The zero-order chi connectivity index (χ0) is 40.7. The average Bonchev–Trinajstić information content (AvgIpc) is 3.92. The molecule has 9 aromatic carbocycles. The number of hydrogen-bond acceptors (Lipinski definition) is 5. The molecule has 0 amide bonds. The van der Waals surface area contributed by atoms with Gasteiger partial charge in [0, 0.05) is 44.2 Å². The van der Waals surface area contributed by atoms with Crippen LogP contribution in [0.5, 0.6) is 0 Å². The Labute approximate surface area is 356 Å². The summed E-state index contributed by atoms with van der Waals surface area (Å²) >= 11 is 0. The first-order chi connectivity index (χ1) is 30.7. The molecule has 5 heteroatoms. The Morgan fingerprint density at radius 3 is 1.90 bits per heavy atom. The minimum atomic E-state index is 0.000462. The molecule has 0 saturated carbocycles. The van der Waals surface area contributed by atoms with Crippen molar-refractivity contribution < 1.29 is 8.83 Å². The van der Waals surface area contributed by atoms with Crippen molar-refractivity contribution in [3.05, 3.63) is 205 Å². The molecule has 62 heavy (non-hydrogen) atoms. The van der Waals surface area contributed by atoms with Crippen LogP contribution in [0.3, 0.4) is 0 Å². The topological polar surface area (TPSA) is 65.0 Å². The Morgan fingerprint density at radius 2 is 1.05 bits per heavy atom.